The Bertz CT molecular complexity index is 45.5. The summed E-state index contributed by atoms with van der Waals surface area (Å²) in [5.74, 6) is 0. The van der Waals surface area contributed by atoms with E-state index >= 15 is 0 Å². The van der Waals surface area contributed by atoms with Gasteiger partial charge < -0.3 is 5.11 Å². The molecule has 0 saturated carbocycles. The Labute approximate surface area is 43.0 Å². The molecule has 0 aromatic carbocycles. The average molecular weight is 104 g/mol. The highest BCUT2D eigenvalue weighted by molar-refractivity contribution is 7.80. The van der Waals surface area contributed by atoms with E-state index in [1.807, 2.05) is 6.92 Å². The first-order valence-electron chi connectivity index (χ1n) is 1.93. The Hall–Kier alpha value is 0.0500. The molecule has 0 rings (SSSR count). The first-order valence-corrected chi connectivity index (χ1v) is 2.34. The molecule has 0 radical (unpaired) electrons. The van der Waals surface area contributed by atoms with Gasteiger partial charge in [-0.2, -0.15) is 0 Å². The quantitative estimate of drug-likeness (QED) is 0.522. The van der Waals surface area contributed by atoms with Crippen LogP contribution in [-0.4, -0.2) is 16.6 Å². The highest BCUT2D eigenvalue weighted by Crippen LogP contribution is 1.79. The Balaban J connectivity index is 2.99. The van der Waals surface area contributed by atoms with Gasteiger partial charge in [0.2, 0.25) is 0 Å². The molecule has 0 aliphatic rings. The van der Waals surface area contributed by atoms with Crippen LogP contribution >= 0.6 is 12.2 Å². The van der Waals surface area contributed by atoms with Crippen LogP contribution < -0.4 is 0 Å². The van der Waals surface area contributed by atoms with Crippen molar-refractivity contribution in [1.82, 2.24) is 0 Å². The van der Waals surface area contributed by atoms with Crippen LogP contribution in [0.1, 0.15) is 13.3 Å². The average Bonchev–Trinajstić information content (AvgIpc) is 1.65. The summed E-state index contributed by atoms with van der Waals surface area (Å²) in [7, 11) is 0. The van der Waals surface area contributed by atoms with Crippen LogP contribution in [0.25, 0.3) is 0 Å². The third kappa shape index (κ3) is 2.30. The van der Waals surface area contributed by atoms with Gasteiger partial charge in [0.25, 0.3) is 0 Å². The first-order chi connectivity index (χ1) is 2.81. The minimum Gasteiger partial charge on any atom is -0.391 e. The predicted octanol–water partition coefficient (Wildman–Crippen LogP) is 0.759. The van der Waals surface area contributed by atoms with Crippen molar-refractivity contribution in [2.45, 2.75) is 13.3 Å². The Morgan fingerprint density at radius 1 is 1.83 bits per heavy atom. The molecule has 36 valence electrons. The van der Waals surface area contributed by atoms with Crippen molar-refractivity contribution < 1.29 is 5.11 Å². The molecule has 0 atom stereocenters. The molecule has 0 saturated heterocycles. The van der Waals surface area contributed by atoms with Crippen LogP contribution in [0.4, 0.5) is 0 Å². The van der Waals surface area contributed by atoms with Crippen LogP contribution in [0.2, 0.25) is 0 Å². The van der Waals surface area contributed by atoms with Crippen molar-refractivity contribution in [2.24, 2.45) is 0 Å². The zero-order valence-corrected chi connectivity index (χ0v) is 4.59. The van der Waals surface area contributed by atoms with E-state index in [1.165, 1.54) is 0 Å². The van der Waals surface area contributed by atoms with Gasteiger partial charge in [-0.05, 0) is 6.42 Å². The summed E-state index contributed by atoms with van der Waals surface area (Å²) in [4.78, 5) is 0.731. The molecule has 0 amide bonds. The van der Waals surface area contributed by atoms with Gasteiger partial charge in [0.1, 0.15) is 0 Å². The highest BCUT2D eigenvalue weighted by Gasteiger charge is 1.82. The van der Waals surface area contributed by atoms with E-state index in [0.717, 1.165) is 11.3 Å². The van der Waals surface area contributed by atoms with E-state index in [1.54, 1.807) is 0 Å². The van der Waals surface area contributed by atoms with E-state index in [9.17, 15) is 0 Å². The molecule has 2 heteroatoms. The molecule has 0 aliphatic carbocycles. The summed E-state index contributed by atoms with van der Waals surface area (Å²) in [6.45, 7) is 1.99. The van der Waals surface area contributed by atoms with E-state index in [-0.39, 0.29) is 6.61 Å². The molecular weight excluding hydrogens is 96.1 g/mol. The SMILES string of the molecule is CCC(=S)CO. The summed E-state index contributed by atoms with van der Waals surface area (Å²) in [5.41, 5.74) is 0. The second-order valence-corrected chi connectivity index (χ2v) is 1.63. The molecule has 0 aromatic heterocycles. The Kier molecular flexibility index (Phi) is 3.28. The molecule has 0 aromatic rings. The Morgan fingerprint density at radius 3 is 2.33 bits per heavy atom. The fraction of sp³-hybridized carbons (Fsp3) is 0.750. The van der Waals surface area contributed by atoms with E-state index < -0.39 is 0 Å². The van der Waals surface area contributed by atoms with Crippen molar-refractivity contribution in [3.63, 3.8) is 0 Å². The smallest absolute Gasteiger partial charge is 0.0744 e. The van der Waals surface area contributed by atoms with Crippen LogP contribution in [0.5, 0.6) is 0 Å². The third-order valence-electron chi connectivity index (χ3n) is 0.571. The van der Waals surface area contributed by atoms with Gasteiger partial charge >= 0.3 is 0 Å². The minimum atomic E-state index is 0.0613. The molecule has 6 heavy (non-hydrogen) atoms. The number of hydrogen-bond acceptors (Lipinski definition) is 2. The van der Waals surface area contributed by atoms with Gasteiger partial charge in [0.15, 0.2) is 0 Å². The topological polar surface area (TPSA) is 20.2 Å². The number of rotatable bonds is 2. The minimum absolute atomic E-state index is 0.0613. The second-order valence-electron chi connectivity index (χ2n) is 1.05. The molecule has 0 fully saturated rings. The van der Waals surface area contributed by atoms with Gasteiger partial charge in [0.05, 0.1) is 6.61 Å². The van der Waals surface area contributed by atoms with Crippen LogP contribution in [-0.2, 0) is 0 Å². The lowest BCUT2D eigenvalue weighted by atomic mass is 10.4. The summed E-state index contributed by atoms with van der Waals surface area (Å²) < 4.78 is 0. The monoisotopic (exact) mass is 104 g/mol. The summed E-state index contributed by atoms with van der Waals surface area (Å²) in [6, 6.07) is 0. The molecule has 1 nitrogen and oxygen atoms in total. The number of hydrogen-bond donors (Lipinski definition) is 1. The van der Waals surface area contributed by atoms with Crippen molar-refractivity contribution in [3.05, 3.63) is 0 Å². The van der Waals surface area contributed by atoms with Gasteiger partial charge in [-0.1, -0.05) is 19.1 Å². The van der Waals surface area contributed by atoms with Crippen molar-refractivity contribution in [1.29, 1.82) is 0 Å². The molecule has 0 spiro atoms. The van der Waals surface area contributed by atoms with Gasteiger partial charge in [0, 0.05) is 4.86 Å². The lowest BCUT2D eigenvalue weighted by Gasteiger charge is -1.85. The van der Waals surface area contributed by atoms with E-state index in [2.05, 4.69) is 12.2 Å². The second kappa shape index (κ2) is 3.25. The van der Waals surface area contributed by atoms with Crippen LogP contribution in [0.3, 0.4) is 0 Å². The zero-order valence-electron chi connectivity index (χ0n) is 3.77. The Morgan fingerprint density at radius 2 is 2.33 bits per heavy atom. The fourth-order valence-electron chi connectivity index (χ4n) is 0.112. The first kappa shape index (κ1) is 6.05. The molecular formula is C4H8OS. The molecule has 0 unspecified atom stereocenters. The zero-order chi connectivity index (χ0) is 4.99. The maximum absolute atomic E-state index is 8.19. The summed E-state index contributed by atoms with van der Waals surface area (Å²) in [6.07, 6.45) is 0.811. The van der Waals surface area contributed by atoms with Crippen molar-refractivity contribution >= 4 is 17.1 Å². The van der Waals surface area contributed by atoms with Crippen LogP contribution in [0, 0.1) is 0 Å². The van der Waals surface area contributed by atoms with Gasteiger partial charge in [-0.25, -0.2) is 0 Å². The molecule has 1 N–H and O–H groups in total. The largest absolute Gasteiger partial charge is 0.391 e. The highest BCUT2D eigenvalue weighted by atomic mass is 32.1. The van der Waals surface area contributed by atoms with Gasteiger partial charge in [-0.15, -0.1) is 0 Å². The van der Waals surface area contributed by atoms with E-state index in [4.69, 9.17) is 5.11 Å². The molecule has 0 heterocycles. The lowest BCUT2D eigenvalue weighted by Crippen LogP contribution is -1.95. The molecule has 0 aliphatic heterocycles. The summed E-state index contributed by atoms with van der Waals surface area (Å²) in [5, 5.41) is 8.19. The summed E-state index contributed by atoms with van der Waals surface area (Å²) >= 11 is 4.61. The maximum Gasteiger partial charge on any atom is 0.0744 e. The number of aliphatic hydroxyl groups is 1. The maximum atomic E-state index is 8.19. The molecule has 0 bridgehead atoms. The predicted molar refractivity (Wildman–Crippen MR) is 30.0 cm³/mol. The third-order valence-corrected chi connectivity index (χ3v) is 0.988. The van der Waals surface area contributed by atoms with Crippen LogP contribution in [0.15, 0.2) is 0 Å². The normalized spacial score (nSPS) is 8.33. The van der Waals surface area contributed by atoms with Crippen molar-refractivity contribution in [3.8, 4) is 0 Å². The number of thiocarbonyl (C=S) groups is 1. The standard InChI is InChI=1S/C4H8OS/c1-2-4(6)3-5/h5H,2-3H2,1H3. The number of aliphatic hydroxyl groups excluding tert-OH is 1. The van der Waals surface area contributed by atoms with E-state index in [0.29, 0.717) is 0 Å². The lowest BCUT2D eigenvalue weighted by molar-refractivity contribution is 0.358. The van der Waals surface area contributed by atoms with Gasteiger partial charge in [-0.3, -0.25) is 0 Å². The van der Waals surface area contributed by atoms with Crippen molar-refractivity contribution in [2.75, 3.05) is 6.61 Å². The fourth-order valence-corrected chi connectivity index (χ4v) is 0.112.